The molecule has 0 aliphatic carbocycles. The molecule has 2 aromatic rings. The Labute approximate surface area is 141 Å². The summed E-state index contributed by atoms with van der Waals surface area (Å²) in [5.74, 6) is 0.935. The van der Waals surface area contributed by atoms with Gasteiger partial charge in [-0.1, -0.05) is 12.1 Å². The van der Waals surface area contributed by atoms with E-state index in [0.717, 1.165) is 5.56 Å². The standard InChI is InChI=1S/C19H22FN3O/c1-12-3-4-15(11-16(12)20)17-5-6-18(22-21-17)24-19-13(2)23-9-7-14(19)8-10-23/h3-6,11,13-14,19H,7-10H2,1-2H3. The Morgan fingerprint density at radius 3 is 2.54 bits per heavy atom. The summed E-state index contributed by atoms with van der Waals surface area (Å²) >= 11 is 0. The minimum absolute atomic E-state index is 0.185. The molecule has 0 saturated carbocycles. The van der Waals surface area contributed by atoms with Crippen molar-refractivity contribution in [2.24, 2.45) is 5.92 Å². The molecule has 3 aliphatic rings. The number of fused-ring (bicyclic) bond motifs is 3. The van der Waals surface area contributed by atoms with Gasteiger partial charge in [0.05, 0.1) is 5.69 Å². The smallest absolute Gasteiger partial charge is 0.233 e. The molecule has 5 rings (SSSR count). The molecule has 126 valence electrons. The third kappa shape index (κ3) is 2.77. The summed E-state index contributed by atoms with van der Waals surface area (Å²) in [5, 5.41) is 8.42. The number of rotatable bonds is 3. The summed E-state index contributed by atoms with van der Waals surface area (Å²) in [4.78, 5) is 2.49. The number of ether oxygens (including phenoxy) is 1. The largest absolute Gasteiger partial charge is 0.471 e. The fraction of sp³-hybridized carbons (Fsp3) is 0.474. The second kappa shape index (κ2) is 6.13. The summed E-state index contributed by atoms with van der Waals surface area (Å²) in [6.45, 7) is 6.33. The number of nitrogens with zero attached hydrogens (tertiary/aromatic N) is 3. The van der Waals surface area contributed by atoms with Crippen LogP contribution in [0, 0.1) is 18.7 Å². The third-order valence-corrected chi connectivity index (χ3v) is 5.45. The quantitative estimate of drug-likeness (QED) is 0.865. The first-order valence-electron chi connectivity index (χ1n) is 8.63. The molecule has 4 heterocycles. The molecule has 0 amide bonds. The van der Waals surface area contributed by atoms with Crippen molar-refractivity contribution in [1.82, 2.24) is 15.1 Å². The Morgan fingerprint density at radius 2 is 1.92 bits per heavy atom. The second-order valence-corrected chi connectivity index (χ2v) is 6.92. The van der Waals surface area contributed by atoms with Crippen molar-refractivity contribution in [1.29, 1.82) is 0 Å². The number of hydrogen-bond donors (Lipinski definition) is 0. The lowest BCUT2D eigenvalue weighted by atomic mass is 9.81. The highest BCUT2D eigenvalue weighted by atomic mass is 19.1. The van der Waals surface area contributed by atoms with E-state index in [-0.39, 0.29) is 11.9 Å². The molecule has 4 nitrogen and oxygen atoms in total. The summed E-state index contributed by atoms with van der Waals surface area (Å²) in [6.07, 6.45) is 2.58. The zero-order valence-electron chi connectivity index (χ0n) is 14.1. The number of piperidine rings is 3. The highest BCUT2D eigenvalue weighted by Crippen LogP contribution is 2.34. The van der Waals surface area contributed by atoms with E-state index in [9.17, 15) is 4.39 Å². The van der Waals surface area contributed by atoms with E-state index in [0.29, 0.717) is 29.1 Å². The summed E-state index contributed by atoms with van der Waals surface area (Å²) < 4.78 is 19.9. The van der Waals surface area contributed by atoms with Crippen molar-refractivity contribution in [3.63, 3.8) is 0 Å². The maximum Gasteiger partial charge on any atom is 0.233 e. The van der Waals surface area contributed by atoms with E-state index >= 15 is 0 Å². The number of aryl methyl sites for hydroxylation is 1. The molecule has 1 aromatic carbocycles. The minimum Gasteiger partial charge on any atom is -0.471 e. The second-order valence-electron chi connectivity index (χ2n) is 6.92. The summed E-state index contributed by atoms with van der Waals surface area (Å²) in [5.41, 5.74) is 2.01. The van der Waals surface area contributed by atoms with Gasteiger partial charge < -0.3 is 4.74 Å². The maximum absolute atomic E-state index is 13.7. The molecule has 3 saturated heterocycles. The molecule has 5 heteroatoms. The van der Waals surface area contributed by atoms with Crippen LogP contribution in [0.15, 0.2) is 30.3 Å². The molecule has 0 radical (unpaired) electrons. The van der Waals surface area contributed by atoms with E-state index in [1.807, 2.05) is 18.2 Å². The maximum atomic E-state index is 13.7. The van der Waals surface area contributed by atoms with Crippen LogP contribution in [-0.2, 0) is 0 Å². The molecular formula is C19H22FN3O. The Kier molecular flexibility index (Phi) is 3.96. The van der Waals surface area contributed by atoms with E-state index in [2.05, 4.69) is 22.0 Å². The molecule has 2 unspecified atom stereocenters. The van der Waals surface area contributed by atoms with Gasteiger partial charge in [-0.05, 0) is 63.4 Å². The van der Waals surface area contributed by atoms with Crippen LogP contribution in [0.5, 0.6) is 5.88 Å². The van der Waals surface area contributed by atoms with Crippen LogP contribution in [0.2, 0.25) is 0 Å². The Hall–Kier alpha value is -2.01. The van der Waals surface area contributed by atoms with Crippen molar-refractivity contribution in [2.45, 2.75) is 38.8 Å². The van der Waals surface area contributed by atoms with Gasteiger partial charge in [0.25, 0.3) is 0 Å². The fourth-order valence-electron chi connectivity index (χ4n) is 3.88. The monoisotopic (exact) mass is 327 g/mol. The molecule has 0 N–H and O–H groups in total. The van der Waals surface area contributed by atoms with Crippen molar-refractivity contribution < 1.29 is 9.13 Å². The van der Waals surface area contributed by atoms with Gasteiger partial charge in [0, 0.05) is 17.7 Å². The molecule has 3 fully saturated rings. The van der Waals surface area contributed by atoms with Crippen molar-refractivity contribution in [3.8, 4) is 17.1 Å². The average Bonchev–Trinajstić information content (AvgIpc) is 2.61. The number of benzene rings is 1. The van der Waals surface area contributed by atoms with Crippen molar-refractivity contribution in [2.75, 3.05) is 13.1 Å². The van der Waals surface area contributed by atoms with Gasteiger partial charge in [-0.15, -0.1) is 10.2 Å². The van der Waals surface area contributed by atoms with Crippen LogP contribution in [0.25, 0.3) is 11.3 Å². The highest BCUT2D eigenvalue weighted by molar-refractivity contribution is 5.59. The van der Waals surface area contributed by atoms with E-state index in [4.69, 9.17) is 4.74 Å². The normalized spacial score (nSPS) is 28.8. The molecule has 1 aromatic heterocycles. The molecular weight excluding hydrogens is 305 g/mol. The predicted molar refractivity (Wildman–Crippen MR) is 90.3 cm³/mol. The van der Waals surface area contributed by atoms with Gasteiger partial charge in [0.1, 0.15) is 11.9 Å². The summed E-state index contributed by atoms with van der Waals surface area (Å²) in [7, 11) is 0. The van der Waals surface area contributed by atoms with E-state index in [1.54, 1.807) is 13.0 Å². The number of hydrogen-bond acceptors (Lipinski definition) is 4. The van der Waals surface area contributed by atoms with Gasteiger partial charge in [-0.3, -0.25) is 4.90 Å². The Bertz CT molecular complexity index is 724. The Morgan fingerprint density at radius 1 is 1.12 bits per heavy atom. The number of aromatic nitrogens is 2. The van der Waals surface area contributed by atoms with Crippen molar-refractivity contribution in [3.05, 3.63) is 41.7 Å². The zero-order chi connectivity index (χ0) is 16.7. The van der Waals surface area contributed by atoms with Crippen LogP contribution in [-0.4, -0.2) is 40.3 Å². The SMILES string of the molecule is Cc1ccc(-c2ccc(OC3C4CCN(CC4)C3C)nn2)cc1F. The summed E-state index contributed by atoms with van der Waals surface area (Å²) in [6, 6.07) is 9.22. The zero-order valence-corrected chi connectivity index (χ0v) is 14.1. The highest BCUT2D eigenvalue weighted by Gasteiger charge is 2.41. The average molecular weight is 327 g/mol. The molecule has 2 atom stereocenters. The van der Waals surface area contributed by atoms with Gasteiger partial charge >= 0.3 is 0 Å². The van der Waals surface area contributed by atoms with Gasteiger partial charge in [-0.25, -0.2) is 4.39 Å². The lowest BCUT2D eigenvalue weighted by molar-refractivity contribution is -0.0528. The third-order valence-electron chi connectivity index (χ3n) is 5.45. The van der Waals surface area contributed by atoms with Crippen molar-refractivity contribution >= 4 is 0 Å². The minimum atomic E-state index is -0.226. The van der Waals surface area contributed by atoms with Gasteiger partial charge in [0.2, 0.25) is 5.88 Å². The van der Waals surface area contributed by atoms with Gasteiger partial charge in [-0.2, -0.15) is 0 Å². The number of halogens is 1. The van der Waals surface area contributed by atoms with E-state index < -0.39 is 0 Å². The predicted octanol–water partition coefficient (Wildman–Crippen LogP) is 3.45. The molecule has 24 heavy (non-hydrogen) atoms. The van der Waals surface area contributed by atoms with Crippen LogP contribution in [0.4, 0.5) is 4.39 Å². The topological polar surface area (TPSA) is 38.2 Å². The first kappa shape index (κ1) is 15.5. The molecule has 2 bridgehead atoms. The molecule has 3 aliphatic heterocycles. The van der Waals surface area contributed by atoms with Crippen LogP contribution >= 0.6 is 0 Å². The van der Waals surface area contributed by atoms with E-state index in [1.165, 1.54) is 32.0 Å². The van der Waals surface area contributed by atoms with Crippen LogP contribution in [0.1, 0.15) is 25.3 Å². The lowest BCUT2D eigenvalue weighted by Gasteiger charge is -2.48. The van der Waals surface area contributed by atoms with Crippen LogP contribution < -0.4 is 4.74 Å². The fourth-order valence-corrected chi connectivity index (χ4v) is 3.88. The Balaban J connectivity index is 1.50. The molecule has 0 spiro atoms. The lowest BCUT2D eigenvalue weighted by Crippen LogP contribution is -2.58. The van der Waals surface area contributed by atoms with Gasteiger partial charge in [0.15, 0.2) is 0 Å². The first-order chi connectivity index (χ1) is 11.6. The van der Waals surface area contributed by atoms with Crippen LogP contribution in [0.3, 0.4) is 0 Å². The first-order valence-corrected chi connectivity index (χ1v) is 8.63.